The Morgan fingerprint density at radius 2 is 2.21 bits per heavy atom. The van der Waals surface area contributed by atoms with E-state index in [1.165, 1.54) is 4.90 Å². The third-order valence-corrected chi connectivity index (χ3v) is 3.77. The van der Waals surface area contributed by atoms with Gasteiger partial charge in [-0.25, -0.2) is 4.90 Å². The summed E-state index contributed by atoms with van der Waals surface area (Å²) >= 11 is 0. The quantitative estimate of drug-likeness (QED) is 0.766. The van der Waals surface area contributed by atoms with E-state index < -0.39 is 5.54 Å². The van der Waals surface area contributed by atoms with Gasteiger partial charge in [-0.05, 0) is 37.1 Å². The minimum atomic E-state index is -0.805. The Balaban J connectivity index is 1.94. The van der Waals surface area contributed by atoms with E-state index in [1.54, 1.807) is 0 Å². The van der Waals surface area contributed by atoms with Crippen LogP contribution in [0.2, 0.25) is 0 Å². The van der Waals surface area contributed by atoms with Crippen LogP contribution >= 0.6 is 0 Å². The number of imide groups is 1. The van der Waals surface area contributed by atoms with E-state index in [9.17, 15) is 9.59 Å². The molecule has 1 aliphatic heterocycles. The van der Waals surface area contributed by atoms with E-state index in [0.29, 0.717) is 18.5 Å². The van der Waals surface area contributed by atoms with Crippen LogP contribution in [0.5, 0.6) is 0 Å². The van der Waals surface area contributed by atoms with E-state index in [0.717, 1.165) is 17.7 Å². The number of hydrogen-bond acceptors (Lipinski definition) is 4. The van der Waals surface area contributed by atoms with Crippen molar-refractivity contribution in [2.45, 2.75) is 31.3 Å². The zero-order chi connectivity index (χ0) is 13.6. The first kappa shape index (κ1) is 12.3. The van der Waals surface area contributed by atoms with Crippen molar-refractivity contribution in [2.24, 2.45) is 5.73 Å². The van der Waals surface area contributed by atoms with Crippen LogP contribution in [0.3, 0.4) is 0 Å². The molecule has 1 aromatic rings. The number of nitrogens with two attached hydrogens (primary N) is 1. The molecule has 2 aliphatic rings. The predicted molar refractivity (Wildman–Crippen MR) is 71.6 cm³/mol. The molecule has 3 rings (SSSR count). The van der Waals surface area contributed by atoms with Crippen molar-refractivity contribution in [1.29, 1.82) is 0 Å². The molecule has 2 amide bonds. The molecular formula is C14H17N3O2. The third kappa shape index (κ3) is 1.95. The molecule has 5 nitrogen and oxygen atoms in total. The summed E-state index contributed by atoms with van der Waals surface area (Å²) in [5.41, 5.74) is 7.83. The Hall–Kier alpha value is -1.72. The molecule has 1 aliphatic carbocycles. The van der Waals surface area contributed by atoms with E-state index in [1.807, 2.05) is 25.2 Å². The normalized spacial score (nSPS) is 19.5. The van der Waals surface area contributed by atoms with Crippen molar-refractivity contribution in [3.63, 3.8) is 0 Å². The molecule has 1 heterocycles. The van der Waals surface area contributed by atoms with Crippen molar-refractivity contribution in [1.82, 2.24) is 5.32 Å². The molecule has 1 saturated carbocycles. The standard InChI is InChI=1S/C14H17N3O2/c1-16-8-9-2-3-11-10(6-9)7-12(18)17(11)13(19)14(15)4-5-14/h2-3,6,16H,4-5,7-8,15H2,1H3. The van der Waals surface area contributed by atoms with Crippen LogP contribution in [0.1, 0.15) is 24.0 Å². The van der Waals surface area contributed by atoms with Crippen LogP contribution in [-0.2, 0) is 22.6 Å². The van der Waals surface area contributed by atoms with Crippen LogP contribution < -0.4 is 16.0 Å². The van der Waals surface area contributed by atoms with Gasteiger partial charge >= 0.3 is 0 Å². The number of carbonyl (C=O) groups excluding carboxylic acids is 2. The number of rotatable bonds is 3. The second-order valence-corrected chi connectivity index (χ2v) is 5.36. The van der Waals surface area contributed by atoms with Crippen LogP contribution in [0.25, 0.3) is 0 Å². The summed E-state index contributed by atoms with van der Waals surface area (Å²) in [5, 5.41) is 3.07. The van der Waals surface area contributed by atoms with Crippen molar-refractivity contribution in [2.75, 3.05) is 11.9 Å². The SMILES string of the molecule is CNCc1ccc2c(c1)CC(=O)N2C(=O)C1(N)CC1. The Morgan fingerprint density at radius 1 is 1.47 bits per heavy atom. The van der Waals surface area contributed by atoms with Gasteiger partial charge in [-0.2, -0.15) is 0 Å². The Morgan fingerprint density at radius 3 is 2.84 bits per heavy atom. The highest BCUT2D eigenvalue weighted by atomic mass is 16.2. The Bertz CT molecular complexity index is 564. The lowest BCUT2D eigenvalue weighted by molar-refractivity contribution is -0.126. The zero-order valence-corrected chi connectivity index (χ0v) is 10.9. The first-order valence-corrected chi connectivity index (χ1v) is 6.48. The molecule has 0 radical (unpaired) electrons. The van der Waals surface area contributed by atoms with Crippen LogP contribution in [0.4, 0.5) is 5.69 Å². The highest BCUT2D eigenvalue weighted by molar-refractivity contribution is 6.22. The average Bonchev–Trinajstić information content (AvgIpc) is 3.03. The van der Waals surface area contributed by atoms with Gasteiger partial charge in [-0.15, -0.1) is 0 Å². The fourth-order valence-electron chi connectivity index (χ4n) is 2.48. The largest absolute Gasteiger partial charge is 0.317 e. The van der Waals surface area contributed by atoms with E-state index >= 15 is 0 Å². The molecule has 19 heavy (non-hydrogen) atoms. The number of nitrogens with one attached hydrogen (secondary N) is 1. The molecule has 1 fully saturated rings. The maximum atomic E-state index is 12.3. The minimum Gasteiger partial charge on any atom is -0.317 e. The Labute approximate surface area is 111 Å². The molecule has 3 N–H and O–H groups in total. The molecule has 0 atom stereocenters. The number of carbonyl (C=O) groups is 2. The summed E-state index contributed by atoms with van der Waals surface area (Å²) in [7, 11) is 1.87. The Kier molecular flexibility index (Phi) is 2.69. The van der Waals surface area contributed by atoms with Gasteiger partial charge in [-0.1, -0.05) is 12.1 Å². The summed E-state index contributed by atoms with van der Waals surface area (Å²) in [6.45, 7) is 0.746. The highest BCUT2D eigenvalue weighted by Gasteiger charge is 2.51. The molecule has 5 heteroatoms. The number of benzene rings is 1. The molecule has 0 aromatic heterocycles. The van der Waals surface area contributed by atoms with Crippen LogP contribution in [0.15, 0.2) is 18.2 Å². The molecule has 0 spiro atoms. The zero-order valence-electron chi connectivity index (χ0n) is 10.9. The van der Waals surface area contributed by atoms with Crippen molar-refractivity contribution >= 4 is 17.5 Å². The second-order valence-electron chi connectivity index (χ2n) is 5.36. The highest BCUT2D eigenvalue weighted by Crippen LogP contribution is 2.39. The number of fused-ring (bicyclic) bond motifs is 1. The molecule has 0 saturated heterocycles. The van der Waals surface area contributed by atoms with Gasteiger partial charge in [0.2, 0.25) is 5.91 Å². The van der Waals surface area contributed by atoms with Gasteiger partial charge in [0, 0.05) is 6.54 Å². The summed E-state index contributed by atoms with van der Waals surface area (Å²) in [4.78, 5) is 25.6. The third-order valence-electron chi connectivity index (χ3n) is 3.77. The van der Waals surface area contributed by atoms with Crippen LogP contribution in [0, 0.1) is 0 Å². The fourth-order valence-corrected chi connectivity index (χ4v) is 2.48. The monoisotopic (exact) mass is 259 g/mol. The van der Waals surface area contributed by atoms with Gasteiger partial charge in [-0.3, -0.25) is 9.59 Å². The average molecular weight is 259 g/mol. The number of anilines is 1. The maximum absolute atomic E-state index is 12.3. The number of amides is 2. The van der Waals surface area contributed by atoms with Crippen LogP contribution in [-0.4, -0.2) is 24.4 Å². The number of hydrogen-bond donors (Lipinski definition) is 2. The smallest absolute Gasteiger partial charge is 0.253 e. The van der Waals surface area contributed by atoms with Gasteiger partial charge in [0.15, 0.2) is 0 Å². The number of nitrogens with zero attached hydrogens (tertiary/aromatic N) is 1. The van der Waals surface area contributed by atoms with Gasteiger partial charge in [0.05, 0.1) is 17.6 Å². The lowest BCUT2D eigenvalue weighted by Crippen LogP contribution is -2.47. The summed E-state index contributed by atoms with van der Waals surface area (Å²) in [6, 6.07) is 5.76. The minimum absolute atomic E-state index is 0.168. The molecule has 0 unspecified atom stereocenters. The van der Waals surface area contributed by atoms with Crippen molar-refractivity contribution < 1.29 is 9.59 Å². The lowest BCUT2D eigenvalue weighted by atomic mass is 10.1. The fraction of sp³-hybridized carbons (Fsp3) is 0.429. The van der Waals surface area contributed by atoms with Crippen molar-refractivity contribution in [3.8, 4) is 0 Å². The van der Waals surface area contributed by atoms with Crippen molar-refractivity contribution in [3.05, 3.63) is 29.3 Å². The van der Waals surface area contributed by atoms with Gasteiger partial charge in [0.1, 0.15) is 0 Å². The van der Waals surface area contributed by atoms with E-state index in [4.69, 9.17) is 5.73 Å². The topological polar surface area (TPSA) is 75.4 Å². The van der Waals surface area contributed by atoms with E-state index in [2.05, 4.69) is 5.32 Å². The molecule has 1 aromatic carbocycles. The summed E-state index contributed by atoms with van der Waals surface area (Å²) < 4.78 is 0. The maximum Gasteiger partial charge on any atom is 0.253 e. The van der Waals surface area contributed by atoms with E-state index in [-0.39, 0.29) is 18.2 Å². The summed E-state index contributed by atoms with van der Waals surface area (Å²) in [6.07, 6.45) is 1.63. The second kappa shape index (κ2) is 4.15. The molecule has 100 valence electrons. The molecular weight excluding hydrogens is 242 g/mol. The lowest BCUT2D eigenvalue weighted by Gasteiger charge is -2.19. The predicted octanol–water partition coefficient (Wildman–Crippen LogP) is 0.313. The molecule has 0 bridgehead atoms. The van der Waals surface area contributed by atoms with Gasteiger partial charge in [0.25, 0.3) is 5.91 Å². The summed E-state index contributed by atoms with van der Waals surface area (Å²) in [5.74, 6) is -0.420. The first-order chi connectivity index (χ1) is 9.05. The first-order valence-electron chi connectivity index (χ1n) is 6.48. The van der Waals surface area contributed by atoms with Gasteiger partial charge < -0.3 is 11.1 Å².